The molecule has 0 bridgehead atoms. The van der Waals surface area contributed by atoms with Crippen molar-refractivity contribution in [1.29, 1.82) is 0 Å². The molecule has 1 aliphatic heterocycles. The van der Waals surface area contributed by atoms with Crippen LogP contribution in [0.4, 0.5) is 0 Å². The molecule has 0 unspecified atom stereocenters. The summed E-state index contributed by atoms with van der Waals surface area (Å²) in [7, 11) is 0. The number of hydrogen-bond acceptors (Lipinski definition) is 2. The van der Waals surface area contributed by atoms with Gasteiger partial charge in [0.05, 0.1) is 27.7 Å². The molecule has 12 aromatic rings. The SMILES string of the molecule is Brc1cc[c-]c(-c2nccc3ccccc23)c1.[Ir].[c-]1ccc(-c2ccc3c(c2)c2cccc4c2n3-c2ccccc2C4(c2ccccc2)c2ccccc2)cc1-c1ccc2ccccc2n1. The van der Waals surface area contributed by atoms with Gasteiger partial charge in [0.25, 0.3) is 0 Å². The molecular formula is C61H38BrIrN3-2. The first-order chi connectivity index (χ1) is 32.1. The third kappa shape index (κ3) is 6.91. The average Bonchev–Trinajstić information content (AvgIpc) is 3.72. The molecule has 0 spiro atoms. The Morgan fingerprint density at radius 1 is 0.485 bits per heavy atom. The molecule has 0 amide bonds. The van der Waals surface area contributed by atoms with Crippen molar-refractivity contribution in [3.63, 3.8) is 0 Å². The van der Waals surface area contributed by atoms with Gasteiger partial charge in [0.2, 0.25) is 0 Å². The Hall–Kier alpha value is -7.27. The molecule has 4 heterocycles. The van der Waals surface area contributed by atoms with Crippen molar-refractivity contribution >= 4 is 59.4 Å². The van der Waals surface area contributed by atoms with Crippen molar-refractivity contribution in [3.05, 3.63) is 270 Å². The Morgan fingerprint density at radius 2 is 1.15 bits per heavy atom. The molecule has 0 saturated heterocycles. The van der Waals surface area contributed by atoms with E-state index in [-0.39, 0.29) is 20.1 Å². The Bertz CT molecular complexity index is 3700. The number of fused-ring (bicyclic) bond motifs is 7. The van der Waals surface area contributed by atoms with Crippen LogP contribution in [0.15, 0.2) is 235 Å². The Kier molecular flexibility index (Phi) is 10.8. The van der Waals surface area contributed by atoms with Gasteiger partial charge in [-0.15, -0.1) is 65.2 Å². The number of nitrogens with zero attached hydrogens (tertiary/aromatic N) is 3. The largest absolute Gasteiger partial charge is 0.309 e. The van der Waals surface area contributed by atoms with Gasteiger partial charge in [-0.1, -0.05) is 178 Å². The van der Waals surface area contributed by atoms with Crippen LogP contribution in [0, 0.1) is 12.1 Å². The summed E-state index contributed by atoms with van der Waals surface area (Å²) in [4.78, 5) is 9.42. The zero-order chi connectivity index (χ0) is 43.3. The van der Waals surface area contributed by atoms with Crippen LogP contribution in [0.25, 0.3) is 82.8 Å². The fourth-order valence-corrected chi connectivity index (χ4v) is 10.4. The quantitative estimate of drug-likeness (QED) is 0.161. The topological polar surface area (TPSA) is 30.7 Å². The maximum absolute atomic E-state index is 4.95. The number of rotatable bonds is 5. The summed E-state index contributed by atoms with van der Waals surface area (Å²) in [5, 5.41) is 6.00. The maximum atomic E-state index is 4.95. The number of hydrogen-bond donors (Lipinski definition) is 0. The zero-order valence-electron chi connectivity index (χ0n) is 35.5. The molecular weight excluding hydrogens is 1050 g/mol. The fourth-order valence-electron chi connectivity index (χ4n) is 10.0. The van der Waals surface area contributed by atoms with E-state index in [4.69, 9.17) is 4.98 Å². The summed E-state index contributed by atoms with van der Waals surface area (Å²) in [5.74, 6) is 0. The second-order valence-electron chi connectivity index (χ2n) is 16.4. The van der Waals surface area contributed by atoms with Gasteiger partial charge in [-0.05, 0) is 85.7 Å². The zero-order valence-corrected chi connectivity index (χ0v) is 39.5. The van der Waals surface area contributed by atoms with Crippen LogP contribution in [0.1, 0.15) is 22.3 Å². The average molecular weight is 1090 g/mol. The second kappa shape index (κ2) is 17.3. The van der Waals surface area contributed by atoms with E-state index in [2.05, 4.69) is 214 Å². The monoisotopic (exact) mass is 1080 g/mol. The molecule has 315 valence electrons. The molecule has 66 heavy (non-hydrogen) atoms. The summed E-state index contributed by atoms with van der Waals surface area (Å²) in [6.45, 7) is 0. The molecule has 0 atom stereocenters. The molecule has 9 aromatic carbocycles. The summed E-state index contributed by atoms with van der Waals surface area (Å²) in [6, 6.07) is 86.5. The van der Waals surface area contributed by atoms with Crippen LogP contribution >= 0.6 is 15.9 Å². The minimum Gasteiger partial charge on any atom is -0.309 e. The third-order valence-electron chi connectivity index (χ3n) is 12.9. The minimum atomic E-state index is -0.469. The van der Waals surface area contributed by atoms with Crippen molar-refractivity contribution in [3.8, 4) is 39.3 Å². The summed E-state index contributed by atoms with van der Waals surface area (Å²) < 4.78 is 3.54. The molecule has 0 aliphatic carbocycles. The molecule has 0 fully saturated rings. The predicted octanol–water partition coefficient (Wildman–Crippen LogP) is 15.6. The number of para-hydroxylation sites is 3. The Labute approximate surface area is 405 Å². The molecule has 1 aliphatic rings. The fraction of sp³-hybridized carbons (Fsp3) is 0.0164. The molecule has 0 saturated carbocycles. The van der Waals surface area contributed by atoms with Crippen LogP contribution in [-0.4, -0.2) is 14.5 Å². The van der Waals surface area contributed by atoms with Crippen molar-refractivity contribution in [2.75, 3.05) is 0 Å². The van der Waals surface area contributed by atoms with Gasteiger partial charge in [-0.3, -0.25) is 4.98 Å². The molecule has 13 rings (SSSR count). The Morgan fingerprint density at radius 3 is 1.97 bits per heavy atom. The van der Waals surface area contributed by atoms with E-state index in [0.29, 0.717) is 0 Å². The number of benzene rings is 9. The van der Waals surface area contributed by atoms with Crippen molar-refractivity contribution in [1.82, 2.24) is 14.5 Å². The first-order valence-corrected chi connectivity index (χ1v) is 22.6. The van der Waals surface area contributed by atoms with Gasteiger partial charge >= 0.3 is 0 Å². The standard InChI is InChI=1S/C46H29N2.C15H9BrN.Ir/c1-3-16-35(17-4-1)46(36-18-5-2-6-19-36)39-21-8-10-24-44(39)48-43-28-26-33(30-38(43)37-20-12-22-40(46)45(37)48)32-14-11-15-34(29-32)42-27-25-31-13-7-9-23-41(31)47-42;16-13-6-3-5-12(10-13)15-14-7-2-1-4-11(14)8-9-17-15;/h1-14,16-30H;1-4,6-10H;/q2*-1;. The van der Waals surface area contributed by atoms with Gasteiger partial charge in [0, 0.05) is 37.1 Å². The van der Waals surface area contributed by atoms with Gasteiger partial charge in [0.1, 0.15) is 0 Å². The summed E-state index contributed by atoms with van der Waals surface area (Å²) in [6.07, 6.45) is 1.84. The normalized spacial score (nSPS) is 12.3. The predicted molar refractivity (Wildman–Crippen MR) is 271 cm³/mol. The molecule has 0 N–H and O–H groups in total. The van der Waals surface area contributed by atoms with Crippen molar-refractivity contribution < 1.29 is 20.1 Å². The van der Waals surface area contributed by atoms with Crippen molar-refractivity contribution in [2.24, 2.45) is 0 Å². The number of pyridine rings is 2. The first-order valence-electron chi connectivity index (χ1n) is 21.8. The van der Waals surface area contributed by atoms with Gasteiger partial charge < -0.3 is 9.55 Å². The van der Waals surface area contributed by atoms with E-state index >= 15 is 0 Å². The molecule has 3 nitrogen and oxygen atoms in total. The first kappa shape index (κ1) is 41.4. The smallest absolute Gasteiger partial charge is 0.0742 e. The molecule has 3 aromatic heterocycles. The number of aromatic nitrogens is 3. The van der Waals surface area contributed by atoms with E-state index in [1.54, 1.807) is 0 Å². The van der Waals surface area contributed by atoms with E-state index in [1.807, 2.05) is 54.7 Å². The van der Waals surface area contributed by atoms with Gasteiger partial charge in [-0.25, -0.2) is 0 Å². The number of halogens is 1. The van der Waals surface area contributed by atoms with Crippen LogP contribution in [0.3, 0.4) is 0 Å². The van der Waals surface area contributed by atoms with Crippen molar-refractivity contribution in [2.45, 2.75) is 5.41 Å². The third-order valence-corrected chi connectivity index (χ3v) is 13.3. The summed E-state index contributed by atoms with van der Waals surface area (Å²) in [5.41, 5.74) is 15.6. The summed E-state index contributed by atoms with van der Waals surface area (Å²) >= 11 is 3.48. The second-order valence-corrected chi connectivity index (χ2v) is 17.4. The van der Waals surface area contributed by atoms with E-state index in [0.717, 1.165) is 48.8 Å². The Balaban J connectivity index is 0.000000225. The van der Waals surface area contributed by atoms with Crippen LogP contribution in [-0.2, 0) is 25.5 Å². The van der Waals surface area contributed by atoms with Gasteiger partial charge in [0.15, 0.2) is 0 Å². The minimum absolute atomic E-state index is 0. The van der Waals surface area contributed by atoms with Crippen LogP contribution in [0.2, 0.25) is 0 Å². The molecule has 1 radical (unpaired) electrons. The van der Waals surface area contributed by atoms with E-state index in [1.165, 1.54) is 60.7 Å². The van der Waals surface area contributed by atoms with Crippen LogP contribution in [0.5, 0.6) is 0 Å². The maximum Gasteiger partial charge on any atom is 0.0742 e. The van der Waals surface area contributed by atoms with E-state index in [9.17, 15) is 0 Å². The molecule has 5 heteroatoms. The van der Waals surface area contributed by atoms with E-state index < -0.39 is 5.41 Å². The van der Waals surface area contributed by atoms with Crippen LogP contribution < -0.4 is 0 Å². The van der Waals surface area contributed by atoms with Gasteiger partial charge in [-0.2, -0.15) is 0 Å².